The van der Waals surface area contributed by atoms with Crippen LogP contribution >= 0.6 is 15.9 Å². The van der Waals surface area contributed by atoms with Crippen molar-refractivity contribution >= 4 is 15.9 Å². The Balaban J connectivity index is 2.12. The van der Waals surface area contributed by atoms with Crippen molar-refractivity contribution in [2.75, 3.05) is 20.1 Å². The van der Waals surface area contributed by atoms with Gasteiger partial charge in [0.1, 0.15) is 0 Å². The molecule has 1 saturated heterocycles. The highest BCUT2D eigenvalue weighted by atomic mass is 79.9. The lowest BCUT2D eigenvalue weighted by molar-refractivity contribution is 0.0635. The predicted octanol–water partition coefficient (Wildman–Crippen LogP) is 3.84. The first kappa shape index (κ1) is 16.0. The van der Waals surface area contributed by atoms with Crippen LogP contribution in [0.15, 0.2) is 28.7 Å². The highest BCUT2D eigenvalue weighted by Gasteiger charge is 2.35. The third-order valence-electron chi connectivity index (χ3n) is 4.75. The molecular weight excluding hydrogens is 312 g/mol. The summed E-state index contributed by atoms with van der Waals surface area (Å²) < 4.78 is 1.22. The molecule has 2 rings (SSSR count). The zero-order chi connectivity index (χ0) is 14.6. The van der Waals surface area contributed by atoms with Crippen molar-refractivity contribution in [1.82, 2.24) is 10.2 Å². The van der Waals surface area contributed by atoms with Gasteiger partial charge in [-0.15, -0.1) is 0 Å². The van der Waals surface area contributed by atoms with Crippen LogP contribution in [0.25, 0.3) is 0 Å². The maximum absolute atomic E-state index is 3.68. The molecule has 1 fully saturated rings. The summed E-state index contributed by atoms with van der Waals surface area (Å²) in [5.41, 5.74) is 1.57. The topological polar surface area (TPSA) is 15.3 Å². The normalized spacial score (nSPS) is 19.0. The maximum atomic E-state index is 3.68. The van der Waals surface area contributed by atoms with E-state index in [4.69, 9.17) is 0 Å². The summed E-state index contributed by atoms with van der Waals surface area (Å²) in [4.78, 5) is 2.66. The lowest BCUT2D eigenvalue weighted by Gasteiger charge is -2.46. The second-order valence-electron chi connectivity index (χ2n) is 6.34. The Hall–Kier alpha value is -0.380. The molecule has 1 N–H and O–H groups in total. The molecule has 0 bridgehead atoms. The number of benzene rings is 1. The van der Waals surface area contributed by atoms with Crippen LogP contribution < -0.4 is 5.32 Å². The molecule has 1 aliphatic heterocycles. The average molecular weight is 339 g/mol. The molecule has 0 spiro atoms. The number of nitrogens with one attached hydrogen (secondary N) is 1. The number of piperidine rings is 1. The van der Waals surface area contributed by atoms with Crippen LogP contribution in [0.4, 0.5) is 0 Å². The molecule has 2 nitrogen and oxygen atoms in total. The standard InChI is InChI=1S/C17H27BrN2/c1-17(2,20-11-7-4-8-12-20)16(19-3)13-14-9-5-6-10-15(14)18/h5-6,9-10,16,19H,4,7-8,11-13H2,1-3H3. The van der Waals surface area contributed by atoms with Gasteiger partial charge in [-0.25, -0.2) is 0 Å². The Morgan fingerprint density at radius 1 is 1.20 bits per heavy atom. The van der Waals surface area contributed by atoms with Gasteiger partial charge in [-0.1, -0.05) is 40.5 Å². The fraction of sp³-hybridized carbons (Fsp3) is 0.647. The first-order chi connectivity index (χ1) is 9.55. The van der Waals surface area contributed by atoms with E-state index in [0.717, 1.165) is 6.42 Å². The molecular formula is C17H27BrN2. The fourth-order valence-corrected chi connectivity index (χ4v) is 3.73. The number of nitrogens with zero attached hydrogens (tertiary/aromatic N) is 1. The van der Waals surface area contributed by atoms with Crippen molar-refractivity contribution in [2.45, 2.75) is 51.1 Å². The number of likely N-dealkylation sites (N-methyl/N-ethyl adjacent to an activating group) is 1. The molecule has 1 aromatic rings. The van der Waals surface area contributed by atoms with Gasteiger partial charge < -0.3 is 5.32 Å². The minimum atomic E-state index is 0.185. The quantitative estimate of drug-likeness (QED) is 0.877. The molecule has 0 radical (unpaired) electrons. The van der Waals surface area contributed by atoms with Crippen molar-refractivity contribution in [3.8, 4) is 0 Å². The Morgan fingerprint density at radius 3 is 2.45 bits per heavy atom. The third kappa shape index (κ3) is 3.63. The minimum Gasteiger partial charge on any atom is -0.315 e. The van der Waals surface area contributed by atoms with E-state index in [1.807, 2.05) is 0 Å². The van der Waals surface area contributed by atoms with Gasteiger partial charge in [-0.05, 0) is 64.9 Å². The first-order valence-corrected chi connectivity index (χ1v) is 8.50. The molecule has 1 heterocycles. The first-order valence-electron chi connectivity index (χ1n) is 7.71. The molecule has 0 amide bonds. The summed E-state index contributed by atoms with van der Waals surface area (Å²) in [6, 6.07) is 9.02. The largest absolute Gasteiger partial charge is 0.315 e. The second kappa shape index (κ2) is 7.06. The molecule has 1 aliphatic rings. The molecule has 0 saturated carbocycles. The fourth-order valence-electron chi connectivity index (χ4n) is 3.28. The maximum Gasteiger partial charge on any atom is 0.0309 e. The molecule has 1 unspecified atom stereocenters. The van der Waals surface area contributed by atoms with Crippen molar-refractivity contribution in [3.63, 3.8) is 0 Å². The molecule has 0 aliphatic carbocycles. The highest BCUT2D eigenvalue weighted by molar-refractivity contribution is 9.10. The number of rotatable bonds is 5. The Bertz CT molecular complexity index is 425. The Labute approximate surface area is 132 Å². The number of hydrogen-bond donors (Lipinski definition) is 1. The smallest absolute Gasteiger partial charge is 0.0309 e. The molecule has 20 heavy (non-hydrogen) atoms. The van der Waals surface area contributed by atoms with Crippen LogP contribution in [-0.4, -0.2) is 36.6 Å². The number of likely N-dealkylation sites (tertiary alicyclic amines) is 1. The number of halogens is 1. The monoisotopic (exact) mass is 338 g/mol. The van der Waals surface area contributed by atoms with Gasteiger partial charge >= 0.3 is 0 Å². The average Bonchev–Trinajstić information content (AvgIpc) is 2.47. The Kier molecular flexibility index (Phi) is 5.65. The van der Waals surface area contributed by atoms with E-state index in [-0.39, 0.29) is 5.54 Å². The Morgan fingerprint density at radius 2 is 1.85 bits per heavy atom. The van der Waals surface area contributed by atoms with E-state index < -0.39 is 0 Å². The third-order valence-corrected chi connectivity index (χ3v) is 5.53. The zero-order valence-electron chi connectivity index (χ0n) is 13.0. The van der Waals surface area contributed by atoms with Gasteiger partial charge in [0.05, 0.1) is 0 Å². The summed E-state index contributed by atoms with van der Waals surface area (Å²) in [5, 5.41) is 3.55. The number of hydrogen-bond acceptors (Lipinski definition) is 2. The van der Waals surface area contributed by atoms with Crippen LogP contribution in [-0.2, 0) is 6.42 Å². The summed E-state index contributed by atoms with van der Waals surface area (Å²) in [6.07, 6.45) is 5.13. The summed E-state index contributed by atoms with van der Waals surface area (Å²) >= 11 is 3.68. The van der Waals surface area contributed by atoms with Crippen LogP contribution in [0.2, 0.25) is 0 Å². The van der Waals surface area contributed by atoms with E-state index in [2.05, 4.69) is 71.3 Å². The van der Waals surface area contributed by atoms with Gasteiger partial charge in [0.15, 0.2) is 0 Å². The summed E-state index contributed by atoms with van der Waals surface area (Å²) in [6.45, 7) is 7.24. The van der Waals surface area contributed by atoms with Crippen molar-refractivity contribution in [3.05, 3.63) is 34.3 Å². The van der Waals surface area contributed by atoms with E-state index >= 15 is 0 Å². The van der Waals surface area contributed by atoms with Gasteiger partial charge in [-0.3, -0.25) is 4.90 Å². The minimum absolute atomic E-state index is 0.185. The summed E-state index contributed by atoms with van der Waals surface area (Å²) in [7, 11) is 2.09. The van der Waals surface area contributed by atoms with E-state index in [1.54, 1.807) is 0 Å². The van der Waals surface area contributed by atoms with Crippen molar-refractivity contribution in [2.24, 2.45) is 0 Å². The lowest BCUT2D eigenvalue weighted by atomic mass is 9.86. The van der Waals surface area contributed by atoms with E-state index in [9.17, 15) is 0 Å². The van der Waals surface area contributed by atoms with Gasteiger partial charge in [0.2, 0.25) is 0 Å². The zero-order valence-corrected chi connectivity index (χ0v) is 14.5. The molecule has 112 valence electrons. The predicted molar refractivity (Wildman–Crippen MR) is 90.2 cm³/mol. The second-order valence-corrected chi connectivity index (χ2v) is 7.19. The van der Waals surface area contributed by atoms with Crippen LogP contribution in [0.5, 0.6) is 0 Å². The van der Waals surface area contributed by atoms with Crippen molar-refractivity contribution < 1.29 is 0 Å². The highest BCUT2D eigenvalue weighted by Crippen LogP contribution is 2.27. The molecule has 0 aromatic heterocycles. The van der Waals surface area contributed by atoms with E-state index in [0.29, 0.717) is 6.04 Å². The van der Waals surface area contributed by atoms with Crippen LogP contribution in [0.1, 0.15) is 38.7 Å². The van der Waals surface area contributed by atoms with E-state index in [1.165, 1.54) is 42.4 Å². The van der Waals surface area contributed by atoms with Crippen LogP contribution in [0.3, 0.4) is 0 Å². The molecule has 3 heteroatoms. The molecule has 1 aromatic carbocycles. The molecule has 1 atom stereocenters. The summed E-state index contributed by atoms with van der Waals surface area (Å²) in [5.74, 6) is 0. The lowest BCUT2D eigenvalue weighted by Crippen LogP contribution is -2.59. The van der Waals surface area contributed by atoms with Gasteiger partial charge in [0, 0.05) is 16.1 Å². The van der Waals surface area contributed by atoms with Crippen molar-refractivity contribution in [1.29, 1.82) is 0 Å². The van der Waals surface area contributed by atoms with Gasteiger partial charge in [-0.2, -0.15) is 0 Å². The van der Waals surface area contributed by atoms with Crippen LogP contribution in [0, 0.1) is 0 Å². The van der Waals surface area contributed by atoms with Gasteiger partial charge in [0.25, 0.3) is 0 Å². The SMILES string of the molecule is CNC(Cc1ccccc1Br)C(C)(C)N1CCCCC1.